The quantitative estimate of drug-likeness (QED) is 0.688. The molecular formula is C13H29N. The summed E-state index contributed by atoms with van der Waals surface area (Å²) in [7, 11) is 2.04. The van der Waals surface area contributed by atoms with E-state index in [9.17, 15) is 0 Å². The Labute approximate surface area is 90.7 Å². The largest absolute Gasteiger partial charge is 0.320 e. The minimum Gasteiger partial charge on any atom is -0.320 e. The minimum atomic E-state index is 0.493. The van der Waals surface area contributed by atoms with Crippen molar-refractivity contribution in [3.05, 3.63) is 0 Å². The molecule has 0 rings (SSSR count). The number of rotatable bonds is 6. The molecule has 0 bridgehead atoms. The average Bonchev–Trinajstić information content (AvgIpc) is 2.01. The summed E-state index contributed by atoms with van der Waals surface area (Å²) >= 11 is 0. The van der Waals surface area contributed by atoms with Crippen LogP contribution in [0.3, 0.4) is 0 Å². The van der Waals surface area contributed by atoms with Gasteiger partial charge in [0.05, 0.1) is 0 Å². The Morgan fingerprint density at radius 1 is 1.07 bits per heavy atom. The molecule has 0 heterocycles. The second-order valence-electron chi connectivity index (χ2n) is 6.00. The first-order valence-corrected chi connectivity index (χ1v) is 6.01. The molecule has 14 heavy (non-hydrogen) atoms. The standard InChI is InChI=1S/C13H29N/c1-11(2)12(8-10-14-6)7-9-13(3,4)5/h11-12,14H,7-10H2,1-6H3. The van der Waals surface area contributed by atoms with E-state index in [1.54, 1.807) is 0 Å². The van der Waals surface area contributed by atoms with Gasteiger partial charge in [-0.25, -0.2) is 0 Å². The zero-order valence-corrected chi connectivity index (χ0v) is 11.0. The first-order chi connectivity index (χ1) is 6.37. The molecule has 1 atom stereocenters. The third-order valence-corrected chi connectivity index (χ3v) is 2.97. The molecule has 0 aromatic rings. The molecule has 0 radical (unpaired) electrons. The van der Waals surface area contributed by atoms with Crippen LogP contribution in [-0.2, 0) is 0 Å². The molecule has 0 saturated carbocycles. The third kappa shape index (κ3) is 7.37. The fourth-order valence-corrected chi connectivity index (χ4v) is 1.76. The number of hydrogen-bond donors (Lipinski definition) is 1. The molecule has 0 aliphatic heterocycles. The molecule has 0 spiro atoms. The summed E-state index contributed by atoms with van der Waals surface area (Å²) in [5.41, 5.74) is 0.493. The smallest absolute Gasteiger partial charge is 0.00492 e. The molecule has 86 valence electrons. The van der Waals surface area contributed by atoms with Gasteiger partial charge in [-0.05, 0) is 50.1 Å². The summed E-state index contributed by atoms with van der Waals surface area (Å²) in [6.07, 6.45) is 4.05. The van der Waals surface area contributed by atoms with E-state index in [-0.39, 0.29) is 0 Å². The molecular weight excluding hydrogens is 170 g/mol. The lowest BCUT2D eigenvalue weighted by atomic mass is 9.81. The predicted molar refractivity (Wildman–Crippen MR) is 65.6 cm³/mol. The lowest BCUT2D eigenvalue weighted by molar-refractivity contribution is 0.267. The molecule has 1 heteroatoms. The summed E-state index contributed by atoms with van der Waals surface area (Å²) in [5.74, 6) is 1.72. The van der Waals surface area contributed by atoms with Crippen molar-refractivity contribution in [3.63, 3.8) is 0 Å². The zero-order chi connectivity index (χ0) is 11.2. The molecule has 0 aromatic heterocycles. The van der Waals surface area contributed by atoms with Gasteiger partial charge in [-0.2, -0.15) is 0 Å². The maximum Gasteiger partial charge on any atom is -0.00492 e. The zero-order valence-electron chi connectivity index (χ0n) is 11.0. The summed E-state index contributed by atoms with van der Waals surface area (Å²) in [6, 6.07) is 0. The van der Waals surface area contributed by atoms with Gasteiger partial charge in [-0.3, -0.25) is 0 Å². The molecule has 0 aromatic carbocycles. The van der Waals surface area contributed by atoms with E-state index in [0.717, 1.165) is 18.4 Å². The van der Waals surface area contributed by atoms with Crippen molar-refractivity contribution in [3.8, 4) is 0 Å². The van der Waals surface area contributed by atoms with E-state index in [2.05, 4.69) is 39.9 Å². The molecule has 1 unspecified atom stereocenters. The molecule has 0 aliphatic rings. The molecule has 1 nitrogen and oxygen atoms in total. The van der Waals surface area contributed by atoms with E-state index in [1.807, 2.05) is 7.05 Å². The van der Waals surface area contributed by atoms with Crippen molar-refractivity contribution >= 4 is 0 Å². The van der Waals surface area contributed by atoms with Crippen LogP contribution < -0.4 is 5.32 Å². The van der Waals surface area contributed by atoms with Crippen LogP contribution in [0.1, 0.15) is 53.9 Å². The number of hydrogen-bond acceptors (Lipinski definition) is 1. The van der Waals surface area contributed by atoms with Crippen molar-refractivity contribution in [2.75, 3.05) is 13.6 Å². The summed E-state index contributed by atoms with van der Waals surface area (Å²) in [4.78, 5) is 0. The van der Waals surface area contributed by atoms with Crippen LogP contribution in [0.5, 0.6) is 0 Å². The predicted octanol–water partition coefficient (Wildman–Crippen LogP) is 3.69. The second kappa shape index (κ2) is 6.44. The lowest BCUT2D eigenvalue weighted by Gasteiger charge is -2.25. The van der Waals surface area contributed by atoms with Crippen molar-refractivity contribution in [1.82, 2.24) is 5.32 Å². The normalized spacial score (nSPS) is 14.8. The van der Waals surface area contributed by atoms with E-state index in [1.165, 1.54) is 19.3 Å². The van der Waals surface area contributed by atoms with Gasteiger partial charge in [-0.1, -0.05) is 34.6 Å². The van der Waals surface area contributed by atoms with E-state index >= 15 is 0 Å². The Morgan fingerprint density at radius 3 is 2.00 bits per heavy atom. The molecule has 0 aliphatic carbocycles. The van der Waals surface area contributed by atoms with Crippen LogP contribution in [0.2, 0.25) is 0 Å². The first kappa shape index (κ1) is 14.0. The van der Waals surface area contributed by atoms with Gasteiger partial charge in [0, 0.05) is 0 Å². The van der Waals surface area contributed by atoms with Gasteiger partial charge in [-0.15, -0.1) is 0 Å². The first-order valence-electron chi connectivity index (χ1n) is 6.01. The van der Waals surface area contributed by atoms with Gasteiger partial charge in [0.2, 0.25) is 0 Å². The highest BCUT2D eigenvalue weighted by Crippen LogP contribution is 2.28. The average molecular weight is 199 g/mol. The van der Waals surface area contributed by atoms with Crippen molar-refractivity contribution in [2.45, 2.75) is 53.9 Å². The van der Waals surface area contributed by atoms with Gasteiger partial charge >= 0.3 is 0 Å². The van der Waals surface area contributed by atoms with Crippen LogP contribution in [0.15, 0.2) is 0 Å². The minimum absolute atomic E-state index is 0.493. The van der Waals surface area contributed by atoms with Crippen LogP contribution in [-0.4, -0.2) is 13.6 Å². The SMILES string of the molecule is CNCCC(CCC(C)(C)C)C(C)C. The molecule has 0 fully saturated rings. The highest BCUT2D eigenvalue weighted by atomic mass is 14.8. The van der Waals surface area contributed by atoms with Gasteiger partial charge < -0.3 is 5.32 Å². The van der Waals surface area contributed by atoms with Crippen LogP contribution in [0.25, 0.3) is 0 Å². The Kier molecular flexibility index (Phi) is 6.43. The monoisotopic (exact) mass is 199 g/mol. The van der Waals surface area contributed by atoms with Crippen LogP contribution in [0.4, 0.5) is 0 Å². The van der Waals surface area contributed by atoms with Crippen molar-refractivity contribution < 1.29 is 0 Å². The van der Waals surface area contributed by atoms with E-state index in [4.69, 9.17) is 0 Å². The third-order valence-electron chi connectivity index (χ3n) is 2.97. The second-order valence-corrected chi connectivity index (χ2v) is 6.00. The molecule has 0 amide bonds. The highest BCUT2D eigenvalue weighted by Gasteiger charge is 2.17. The Hall–Kier alpha value is -0.0400. The van der Waals surface area contributed by atoms with Crippen molar-refractivity contribution in [2.24, 2.45) is 17.3 Å². The fourth-order valence-electron chi connectivity index (χ4n) is 1.76. The summed E-state index contributed by atoms with van der Waals surface area (Å²) in [6.45, 7) is 12.9. The number of nitrogens with one attached hydrogen (secondary N) is 1. The molecule has 1 N–H and O–H groups in total. The maximum absolute atomic E-state index is 3.25. The van der Waals surface area contributed by atoms with Crippen molar-refractivity contribution in [1.29, 1.82) is 0 Å². The maximum atomic E-state index is 3.25. The van der Waals surface area contributed by atoms with Crippen LogP contribution in [0, 0.1) is 17.3 Å². The Bertz CT molecular complexity index is 133. The summed E-state index contributed by atoms with van der Waals surface area (Å²) < 4.78 is 0. The lowest BCUT2D eigenvalue weighted by Crippen LogP contribution is -2.19. The Balaban J connectivity index is 3.85. The van der Waals surface area contributed by atoms with Gasteiger partial charge in [0.1, 0.15) is 0 Å². The van der Waals surface area contributed by atoms with E-state index in [0.29, 0.717) is 5.41 Å². The fraction of sp³-hybridized carbons (Fsp3) is 1.00. The molecule has 0 saturated heterocycles. The topological polar surface area (TPSA) is 12.0 Å². The van der Waals surface area contributed by atoms with E-state index < -0.39 is 0 Å². The Morgan fingerprint density at radius 2 is 1.64 bits per heavy atom. The van der Waals surface area contributed by atoms with Gasteiger partial charge in [0.15, 0.2) is 0 Å². The van der Waals surface area contributed by atoms with Gasteiger partial charge in [0.25, 0.3) is 0 Å². The highest BCUT2D eigenvalue weighted by molar-refractivity contribution is 4.69. The van der Waals surface area contributed by atoms with Crippen LogP contribution >= 0.6 is 0 Å². The summed E-state index contributed by atoms with van der Waals surface area (Å²) in [5, 5.41) is 3.25.